The minimum atomic E-state index is 0.747. The van der Waals surface area contributed by atoms with Crippen LogP contribution in [-0.4, -0.2) is 23.8 Å². The van der Waals surface area contributed by atoms with Crippen molar-refractivity contribution in [2.24, 2.45) is 10.2 Å². The molecule has 0 amide bonds. The molecule has 0 aliphatic carbocycles. The Kier molecular flexibility index (Phi) is 3.29. The van der Waals surface area contributed by atoms with Gasteiger partial charge in [0.25, 0.3) is 5.03 Å². The van der Waals surface area contributed by atoms with Gasteiger partial charge in [-0.2, -0.15) is 0 Å². The first-order valence-electron chi connectivity index (χ1n) is 3.65. The standard InChI is InChI=1S/C7H12N3S/c1-3-9-10(8-2)7-5-4-6-11-7/h5H,2-4,6H2,1H3/q+1/b10-9-. The molecule has 0 saturated heterocycles. The molecule has 0 saturated carbocycles. The van der Waals surface area contributed by atoms with Gasteiger partial charge in [0.2, 0.25) is 0 Å². The Bertz CT molecular complexity index is 208. The lowest BCUT2D eigenvalue weighted by atomic mass is 10.5. The van der Waals surface area contributed by atoms with Crippen LogP contribution in [0.3, 0.4) is 0 Å². The number of hydrogen-bond acceptors (Lipinski definition) is 2. The molecule has 3 nitrogen and oxygen atoms in total. The van der Waals surface area contributed by atoms with Crippen LogP contribution in [0.2, 0.25) is 0 Å². The van der Waals surface area contributed by atoms with Gasteiger partial charge in [-0.25, -0.2) is 0 Å². The van der Waals surface area contributed by atoms with Crippen LogP contribution in [0.5, 0.6) is 0 Å². The summed E-state index contributed by atoms with van der Waals surface area (Å²) in [6.07, 6.45) is 3.25. The molecule has 4 heteroatoms. The molecule has 0 radical (unpaired) electrons. The van der Waals surface area contributed by atoms with Crippen molar-refractivity contribution in [3.05, 3.63) is 11.1 Å². The molecule has 0 bridgehead atoms. The van der Waals surface area contributed by atoms with Gasteiger partial charge in [-0.3, -0.25) is 0 Å². The Hall–Kier alpha value is -0.640. The molecule has 1 aliphatic rings. The summed E-state index contributed by atoms with van der Waals surface area (Å²) < 4.78 is 0. The van der Waals surface area contributed by atoms with Crippen molar-refractivity contribution in [3.8, 4) is 0 Å². The van der Waals surface area contributed by atoms with Crippen LogP contribution < -0.4 is 0 Å². The minimum Gasteiger partial charge on any atom is -0.0516 e. The highest BCUT2D eigenvalue weighted by molar-refractivity contribution is 8.03. The average Bonchev–Trinajstić information content (AvgIpc) is 2.52. The van der Waals surface area contributed by atoms with Crippen molar-refractivity contribution in [3.63, 3.8) is 0 Å². The van der Waals surface area contributed by atoms with E-state index in [1.807, 2.05) is 6.92 Å². The zero-order valence-corrected chi connectivity index (χ0v) is 7.47. The molecular formula is C7H12N3S+. The van der Waals surface area contributed by atoms with Crippen molar-refractivity contribution in [2.45, 2.75) is 13.3 Å². The third-order valence-corrected chi connectivity index (χ3v) is 2.36. The number of rotatable bonds is 3. The second-order valence-electron chi connectivity index (χ2n) is 2.07. The Balaban J connectivity index is 2.68. The third-order valence-electron chi connectivity index (χ3n) is 1.29. The topological polar surface area (TPSA) is 27.7 Å². The second-order valence-corrected chi connectivity index (χ2v) is 3.18. The van der Waals surface area contributed by atoms with Crippen LogP contribution in [-0.2, 0) is 0 Å². The van der Waals surface area contributed by atoms with Gasteiger partial charge < -0.3 is 0 Å². The first-order chi connectivity index (χ1) is 5.38. The van der Waals surface area contributed by atoms with E-state index in [1.165, 1.54) is 0 Å². The van der Waals surface area contributed by atoms with Gasteiger partial charge >= 0.3 is 0 Å². The molecule has 11 heavy (non-hydrogen) atoms. The van der Waals surface area contributed by atoms with E-state index in [0.717, 1.165) is 23.7 Å². The van der Waals surface area contributed by atoms with Crippen molar-refractivity contribution >= 4 is 18.5 Å². The number of nitrogens with zero attached hydrogens (tertiary/aromatic N) is 3. The fourth-order valence-corrected chi connectivity index (χ4v) is 1.77. The molecule has 60 valence electrons. The average molecular weight is 170 g/mol. The maximum absolute atomic E-state index is 4.14. The minimum absolute atomic E-state index is 0.747. The smallest absolute Gasteiger partial charge is 0.0516 e. The number of hydrogen-bond donors (Lipinski definition) is 0. The fourth-order valence-electron chi connectivity index (χ4n) is 0.862. The van der Waals surface area contributed by atoms with E-state index in [2.05, 4.69) is 23.0 Å². The Morgan fingerprint density at radius 2 is 2.64 bits per heavy atom. The third kappa shape index (κ3) is 2.15. The summed E-state index contributed by atoms with van der Waals surface area (Å²) in [5.74, 6) is 1.14. The Labute approximate surface area is 70.9 Å². The van der Waals surface area contributed by atoms with E-state index in [1.54, 1.807) is 16.6 Å². The molecule has 0 aromatic heterocycles. The van der Waals surface area contributed by atoms with Gasteiger partial charge in [0.05, 0.1) is 11.5 Å². The van der Waals surface area contributed by atoms with E-state index in [9.17, 15) is 0 Å². The monoisotopic (exact) mass is 170 g/mol. The molecule has 0 spiro atoms. The summed E-state index contributed by atoms with van der Waals surface area (Å²) in [4.78, 5) is 1.61. The quantitative estimate of drug-likeness (QED) is 0.276. The van der Waals surface area contributed by atoms with Crippen LogP contribution in [0.1, 0.15) is 13.3 Å². The number of thioether (sulfide) groups is 1. The summed E-state index contributed by atoms with van der Waals surface area (Å²) in [7, 11) is 0. The zero-order valence-electron chi connectivity index (χ0n) is 6.66. The second kappa shape index (κ2) is 4.28. The maximum atomic E-state index is 4.14. The van der Waals surface area contributed by atoms with E-state index in [0.29, 0.717) is 0 Å². The highest BCUT2D eigenvalue weighted by Gasteiger charge is 2.18. The Morgan fingerprint density at radius 1 is 1.82 bits per heavy atom. The van der Waals surface area contributed by atoms with Crippen LogP contribution in [0.25, 0.3) is 0 Å². The predicted octanol–water partition coefficient (Wildman–Crippen LogP) is 2.06. The molecule has 0 fully saturated rings. The first kappa shape index (κ1) is 8.46. The molecule has 0 unspecified atom stereocenters. The van der Waals surface area contributed by atoms with E-state index in [4.69, 9.17) is 0 Å². The highest BCUT2D eigenvalue weighted by atomic mass is 32.2. The number of allylic oxidation sites excluding steroid dienone is 1. The molecule has 1 aliphatic heterocycles. The molecule has 0 atom stereocenters. The zero-order chi connectivity index (χ0) is 8.10. The highest BCUT2D eigenvalue weighted by Crippen LogP contribution is 2.25. The Morgan fingerprint density at radius 3 is 3.09 bits per heavy atom. The summed E-state index contributed by atoms with van der Waals surface area (Å²) in [6, 6.07) is 0. The molecular weight excluding hydrogens is 158 g/mol. The fraction of sp³-hybridized carbons (Fsp3) is 0.571. The van der Waals surface area contributed by atoms with Crippen molar-refractivity contribution in [1.29, 1.82) is 0 Å². The van der Waals surface area contributed by atoms with E-state index < -0.39 is 0 Å². The molecule has 0 aromatic carbocycles. The largest absolute Gasteiger partial charge is 0.297 e. The lowest BCUT2D eigenvalue weighted by molar-refractivity contribution is -0.540. The van der Waals surface area contributed by atoms with Crippen molar-refractivity contribution < 1.29 is 4.81 Å². The van der Waals surface area contributed by atoms with Gasteiger partial charge in [0, 0.05) is 16.9 Å². The van der Waals surface area contributed by atoms with Crippen LogP contribution in [0.15, 0.2) is 21.3 Å². The van der Waals surface area contributed by atoms with Gasteiger partial charge in [-0.1, -0.05) is 11.8 Å². The van der Waals surface area contributed by atoms with Crippen LogP contribution in [0, 0.1) is 0 Å². The lowest BCUT2D eigenvalue weighted by Crippen LogP contribution is -1.96. The normalized spacial score (nSPS) is 18.3. The predicted molar refractivity (Wildman–Crippen MR) is 47.9 cm³/mol. The summed E-state index contributed by atoms with van der Waals surface area (Å²) in [6.45, 7) is 6.18. The summed E-state index contributed by atoms with van der Waals surface area (Å²) in [5, 5.41) is 9.04. The van der Waals surface area contributed by atoms with Gasteiger partial charge in [-0.15, -0.1) is 0 Å². The number of hydrazone groups is 1. The summed E-state index contributed by atoms with van der Waals surface area (Å²) in [5.41, 5.74) is 0. The van der Waals surface area contributed by atoms with E-state index in [-0.39, 0.29) is 0 Å². The molecule has 1 rings (SSSR count). The van der Waals surface area contributed by atoms with Crippen LogP contribution >= 0.6 is 11.8 Å². The van der Waals surface area contributed by atoms with Crippen LogP contribution in [0.4, 0.5) is 0 Å². The van der Waals surface area contributed by atoms with Crippen molar-refractivity contribution in [1.82, 2.24) is 0 Å². The molecule has 1 heterocycles. The molecule has 0 aromatic rings. The maximum Gasteiger partial charge on any atom is 0.297 e. The van der Waals surface area contributed by atoms with Gasteiger partial charge in [0.1, 0.15) is 6.54 Å². The first-order valence-corrected chi connectivity index (χ1v) is 4.64. The van der Waals surface area contributed by atoms with Crippen molar-refractivity contribution in [2.75, 3.05) is 12.3 Å². The van der Waals surface area contributed by atoms with Gasteiger partial charge in [0.15, 0.2) is 0 Å². The molecule has 0 N–H and O–H groups in total. The van der Waals surface area contributed by atoms with E-state index >= 15 is 0 Å². The summed E-state index contributed by atoms with van der Waals surface area (Å²) >= 11 is 1.77. The number of azo groups is 1. The SMILES string of the molecule is C=N/[N+](=N\CC)C1=CCCS1. The van der Waals surface area contributed by atoms with Gasteiger partial charge in [-0.05, 0) is 18.5 Å². The lowest BCUT2D eigenvalue weighted by Gasteiger charge is -1.87.